The van der Waals surface area contributed by atoms with Gasteiger partial charge in [-0.25, -0.2) is 15.0 Å². The molecule has 0 aliphatic carbocycles. The lowest BCUT2D eigenvalue weighted by atomic mass is 10.3. The zero-order valence-electron chi connectivity index (χ0n) is 13.6. The van der Waals surface area contributed by atoms with Crippen molar-refractivity contribution in [3.8, 4) is 0 Å². The largest absolute Gasteiger partial charge is 0.324 e. The van der Waals surface area contributed by atoms with Gasteiger partial charge in [-0.05, 0) is 30.3 Å². The van der Waals surface area contributed by atoms with E-state index in [1.165, 1.54) is 0 Å². The van der Waals surface area contributed by atoms with Crippen LogP contribution in [0, 0.1) is 0 Å². The van der Waals surface area contributed by atoms with E-state index in [-0.39, 0.29) is 0 Å². The molecule has 126 valence electrons. The Morgan fingerprint density at radius 3 is 2.77 bits per heavy atom. The summed E-state index contributed by atoms with van der Waals surface area (Å²) in [7, 11) is 0. The predicted molar refractivity (Wildman–Crippen MR) is 99.9 cm³/mol. The maximum absolute atomic E-state index is 4.47. The van der Waals surface area contributed by atoms with Crippen molar-refractivity contribution in [2.45, 2.75) is 0 Å². The molecule has 0 aliphatic rings. The van der Waals surface area contributed by atoms with Gasteiger partial charge in [-0.15, -0.1) is 0 Å². The summed E-state index contributed by atoms with van der Waals surface area (Å²) >= 11 is 0. The van der Waals surface area contributed by atoms with Gasteiger partial charge in [0.15, 0.2) is 0 Å². The minimum Gasteiger partial charge on any atom is -0.324 e. The molecule has 0 unspecified atom stereocenters. The molecule has 0 atom stereocenters. The molecule has 0 saturated carbocycles. The molecule has 0 aliphatic heterocycles. The first-order valence-electron chi connectivity index (χ1n) is 8.09. The number of hydrogen-bond acceptors (Lipinski definition) is 6. The lowest BCUT2D eigenvalue weighted by Gasteiger charge is -2.06. The van der Waals surface area contributed by atoms with Crippen molar-refractivity contribution in [1.29, 1.82) is 0 Å². The van der Waals surface area contributed by atoms with Gasteiger partial charge in [0.05, 0.1) is 22.7 Å². The third-order valence-electron chi connectivity index (χ3n) is 3.95. The van der Waals surface area contributed by atoms with Crippen LogP contribution >= 0.6 is 0 Å². The van der Waals surface area contributed by atoms with E-state index >= 15 is 0 Å². The molecule has 8 nitrogen and oxygen atoms in total. The number of hydrogen-bond donors (Lipinski definition) is 3. The molecule has 4 heterocycles. The highest BCUT2D eigenvalue weighted by Gasteiger charge is 2.07. The maximum Gasteiger partial charge on any atom is 0.231 e. The molecule has 0 radical (unpaired) electrons. The van der Waals surface area contributed by atoms with E-state index in [0.717, 1.165) is 16.6 Å². The zero-order chi connectivity index (χ0) is 17.3. The van der Waals surface area contributed by atoms with E-state index < -0.39 is 0 Å². The topological polar surface area (TPSA) is 95.8 Å². The zero-order valence-corrected chi connectivity index (χ0v) is 13.6. The van der Waals surface area contributed by atoms with Gasteiger partial charge in [0.25, 0.3) is 0 Å². The van der Waals surface area contributed by atoms with Crippen molar-refractivity contribution < 1.29 is 0 Å². The highest BCUT2D eigenvalue weighted by Crippen LogP contribution is 2.19. The van der Waals surface area contributed by atoms with Gasteiger partial charge in [-0.2, -0.15) is 4.98 Å². The van der Waals surface area contributed by atoms with Crippen molar-refractivity contribution in [2.24, 2.45) is 0 Å². The maximum atomic E-state index is 4.47. The lowest BCUT2D eigenvalue weighted by Crippen LogP contribution is -2.03. The number of H-pyrrole nitrogens is 1. The number of aromatic nitrogens is 6. The van der Waals surface area contributed by atoms with Crippen molar-refractivity contribution in [3.05, 3.63) is 67.1 Å². The van der Waals surface area contributed by atoms with Gasteiger partial charge in [0.1, 0.15) is 5.82 Å². The Balaban J connectivity index is 1.41. The Labute approximate surface area is 148 Å². The highest BCUT2D eigenvalue weighted by molar-refractivity contribution is 5.77. The summed E-state index contributed by atoms with van der Waals surface area (Å²) in [4.78, 5) is 20.8. The number of imidazole rings is 2. The average Bonchev–Trinajstić information content (AvgIpc) is 3.26. The summed E-state index contributed by atoms with van der Waals surface area (Å²) in [6.07, 6.45) is 5.42. The number of nitrogens with zero attached hydrogens (tertiary/aromatic N) is 5. The normalized spacial score (nSPS) is 11.1. The second kappa shape index (κ2) is 5.85. The molecule has 4 aromatic heterocycles. The van der Waals surface area contributed by atoms with Crippen LogP contribution in [0.4, 0.5) is 23.7 Å². The first-order valence-corrected chi connectivity index (χ1v) is 8.09. The van der Waals surface area contributed by atoms with Gasteiger partial charge in [-0.3, -0.25) is 9.72 Å². The van der Waals surface area contributed by atoms with Crippen molar-refractivity contribution in [3.63, 3.8) is 0 Å². The monoisotopic (exact) mass is 342 g/mol. The fourth-order valence-electron chi connectivity index (χ4n) is 2.76. The van der Waals surface area contributed by atoms with Crippen LogP contribution in [0.3, 0.4) is 0 Å². The van der Waals surface area contributed by atoms with E-state index in [1.54, 1.807) is 18.5 Å². The second-order valence-electron chi connectivity index (χ2n) is 5.70. The minimum atomic E-state index is 0.440. The molecule has 1 aromatic carbocycles. The number of pyridine rings is 1. The molecule has 26 heavy (non-hydrogen) atoms. The van der Waals surface area contributed by atoms with Crippen LogP contribution in [0.1, 0.15) is 0 Å². The molecule has 0 spiro atoms. The second-order valence-corrected chi connectivity index (χ2v) is 5.70. The number of rotatable bonds is 4. The van der Waals surface area contributed by atoms with E-state index in [4.69, 9.17) is 0 Å². The van der Waals surface area contributed by atoms with Crippen molar-refractivity contribution >= 4 is 40.2 Å². The number of aromatic amines is 1. The molecule has 0 bridgehead atoms. The third-order valence-corrected chi connectivity index (χ3v) is 3.95. The van der Waals surface area contributed by atoms with Gasteiger partial charge in [0, 0.05) is 12.4 Å². The summed E-state index contributed by atoms with van der Waals surface area (Å²) in [6, 6.07) is 15.5. The summed E-state index contributed by atoms with van der Waals surface area (Å²) < 4.78 is 1.95. The van der Waals surface area contributed by atoms with E-state index in [9.17, 15) is 0 Å². The Bertz CT molecular complexity index is 1170. The van der Waals surface area contributed by atoms with Crippen LogP contribution in [0.5, 0.6) is 0 Å². The molecule has 0 fully saturated rings. The number of anilines is 4. The quantitative estimate of drug-likeness (QED) is 0.463. The molecule has 5 rings (SSSR count). The number of fused-ring (bicyclic) bond motifs is 2. The van der Waals surface area contributed by atoms with Gasteiger partial charge >= 0.3 is 0 Å². The van der Waals surface area contributed by atoms with Crippen LogP contribution < -0.4 is 10.6 Å². The van der Waals surface area contributed by atoms with E-state index in [1.807, 2.05) is 53.1 Å². The van der Waals surface area contributed by atoms with Gasteiger partial charge < -0.3 is 10.3 Å². The molecular formula is C18H14N8. The number of para-hydroxylation sites is 2. The van der Waals surface area contributed by atoms with Crippen LogP contribution in [-0.2, 0) is 0 Å². The highest BCUT2D eigenvalue weighted by atomic mass is 15.2. The molecule has 3 N–H and O–H groups in total. The van der Waals surface area contributed by atoms with Crippen LogP contribution in [-0.4, -0.2) is 29.3 Å². The summed E-state index contributed by atoms with van der Waals surface area (Å²) in [6.45, 7) is 0. The average molecular weight is 342 g/mol. The van der Waals surface area contributed by atoms with Crippen molar-refractivity contribution in [2.75, 3.05) is 10.6 Å². The van der Waals surface area contributed by atoms with Gasteiger partial charge in [-0.1, -0.05) is 18.2 Å². The molecule has 5 aromatic rings. The minimum absolute atomic E-state index is 0.440. The SMILES string of the molecule is c1ccc2[nH]c(Nc3nccc(Nc4ncc5ccccn45)n3)nc2c1. The van der Waals surface area contributed by atoms with Crippen LogP contribution in [0.15, 0.2) is 67.1 Å². The molecule has 0 saturated heterocycles. The van der Waals surface area contributed by atoms with Crippen LogP contribution in [0.2, 0.25) is 0 Å². The van der Waals surface area contributed by atoms with Crippen molar-refractivity contribution in [1.82, 2.24) is 29.3 Å². The summed E-state index contributed by atoms with van der Waals surface area (Å²) in [5, 5.41) is 6.30. The fourth-order valence-corrected chi connectivity index (χ4v) is 2.76. The standard InChI is InChI=1S/C18H14N8/c1-2-7-14-13(6-1)21-17(22-14)25-16-19-9-8-15(23-16)24-18-20-11-12-5-3-4-10-26(12)18/h1-11H,(H3,19,20,21,22,23,24,25). The summed E-state index contributed by atoms with van der Waals surface area (Å²) in [5.74, 6) is 2.36. The summed E-state index contributed by atoms with van der Waals surface area (Å²) in [5.41, 5.74) is 2.84. The third kappa shape index (κ3) is 2.59. The fraction of sp³-hybridized carbons (Fsp3) is 0. The number of nitrogens with one attached hydrogen (secondary N) is 3. The van der Waals surface area contributed by atoms with E-state index in [0.29, 0.717) is 23.7 Å². The molecule has 0 amide bonds. The predicted octanol–water partition coefficient (Wildman–Crippen LogP) is 3.49. The Hall–Kier alpha value is -3.94. The Morgan fingerprint density at radius 2 is 1.81 bits per heavy atom. The van der Waals surface area contributed by atoms with Gasteiger partial charge in [0.2, 0.25) is 17.8 Å². The number of benzene rings is 1. The van der Waals surface area contributed by atoms with Crippen LogP contribution in [0.25, 0.3) is 16.6 Å². The lowest BCUT2D eigenvalue weighted by molar-refractivity contribution is 1.11. The van der Waals surface area contributed by atoms with E-state index in [2.05, 4.69) is 35.6 Å². The molecule has 8 heteroatoms. The Kier molecular flexibility index (Phi) is 3.24. The smallest absolute Gasteiger partial charge is 0.231 e. The first kappa shape index (κ1) is 14.4. The Morgan fingerprint density at radius 1 is 0.885 bits per heavy atom. The molecular weight excluding hydrogens is 328 g/mol. The first-order chi connectivity index (χ1) is 12.8.